The van der Waals surface area contributed by atoms with Crippen LogP contribution in [-0.4, -0.2) is 29.6 Å². The van der Waals surface area contributed by atoms with E-state index in [1.165, 1.54) is 24.5 Å². The molecule has 8 heteroatoms. The van der Waals surface area contributed by atoms with Crippen molar-refractivity contribution in [2.45, 2.75) is 4.90 Å². The molecule has 0 saturated carbocycles. The minimum atomic E-state index is -3.87. The molecule has 0 aliphatic carbocycles. The van der Waals surface area contributed by atoms with Gasteiger partial charge in [0.05, 0.1) is 11.3 Å². The third-order valence-corrected chi connectivity index (χ3v) is 3.73. The Bertz CT molecular complexity index is 707. The van der Waals surface area contributed by atoms with Crippen LogP contribution in [0.25, 0.3) is 0 Å². The monoisotopic (exact) mass is 282 g/mol. The predicted molar refractivity (Wildman–Crippen MR) is 66.7 cm³/mol. The molecule has 100 valence electrons. The van der Waals surface area contributed by atoms with E-state index in [1.807, 2.05) is 0 Å². The number of sulfonamides is 1. The summed E-state index contributed by atoms with van der Waals surface area (Å²) in [6, 6.07) is 4.66. The minimum absolute atomic E-state index is 0.0207. The standard InChI is InChI=1S/C11H10N2O5S/c14-10-2-1-7(11(15)16)5-9(10)13-19(17,18)8-3-4-12-6-8/h1-6,12-14H,(H,15,16). The first kappa shape index (κ1) is 13.0. The number of rotatable bonds is 4. The molecule has 0 amide bonds. The number of aromatic carboxylic acids is 1. The lowest BCUT2D eigenvalue weighted by Gasteiger charge is -2.09. The van der Waals surface area contributed by atoms with Crippen LogP contribution >= 0.6 is 0 Å². The van der Waals surface area contributed by atoms with Gasteiger partial charge in [-0.05, 0) is 24.3 Å². The van der Waals surface area contributed by atoms with Crippen molar-refractivity contribution in [1.29, 1.82) is 0 Å². The normalized spacial score (nSPS) is 11.2. The Morgan fingerprint density at radius 1 is 1.26 bits per heavy atom. The molecule has 4 N–H and O–H groups in total. The zero-order valence-corrected chi connectivity index (χ0v) is 10.3. The maximum atomic E-state index is 11.9. The van der Waals surface area contributed by atoms with Gasteiger partial charge in [0.15, 0.2) is 0 Å². The third kappa shape index (κ3) is 2.68. The van der Waals surface area contributed by atoms with Crippen LogP contribution in [-0.2, 0) is 10.0 Å². The van der Waals surface area contributed by atoms with Crippen LogP contribution in [0.4, 0.5) is 5.69 Å². The Balaban J connectivity index is 2.39. The van der Waals surface area contributed by atoms with E-state index in [-0.39, 0.29) is 21.9 Å². The number of nitrogens with one attached hydrogen (secondary N) is 2. The van der Waals surface area contributed by atoms with Gasteiger partial charge in [0, 0.05) is 12.4 Å². The van der Waals surface area contributed by atoms with E-state index in [0.717, 1.165) is 12.1 Å². The highest BCUT2D eigenvalue weighted by Crippen LogP contribution is 2.26. The smallest absolute Gasteiger partial charge is 0.335 e. The number of carboxylic acids is 1. The molecule has 0 saturated heterocycles. The molecule has 7 nitrogen and oxygen atoms in total. The van der Waals surface area contributed by atoms with E-state index in [0.29, 0.717) is 0 Å². The maximum Gasteiger partial charge on any atom is 0.335 e. The van der Waals surface area contributed by atoms with Gasteiger partial charge in [0.25, 0.3) is 10.0 Å². The minimum Gasteiger partial charge on any atom is -0.506 e. The number of anilines is 1. The lowest BCUT2D eigenvalue weighted by molar-refractivity contribution is 0.0697. The molecule has 2 rings (SSSR count). The van der Waals surface area contributed by atoms with Crippen LogP contribution in [0.1, 0.15) is 10.4 Å². The van der Waals surface area contributed by atoms with Gasteiger partial charge in [0.2, 0.25) is 0 Å². The largest absolute Gasteiger partial charge is 0.506 e. The summed E-state index contributed by atoms with van der Waals surface area (Å²) in [5.74, 6) is -1.58. The lowest BCUT2D eigenvalue weighted by atomic mass is 10.2. The fraction of sp³-hybridized carbons (Fsp3) is 0. The van der Waals surface area contributed by atoms with Gasteiger partial charge in [-0.2, -0.15) is 0 Å². The van der Waals surface area contributed by atoms with Gasteiger partial charge in [-0.3, -0.25) is 4.72 Å². The Morgan fingerprint density at radius 2 is 2.00 bits per heavy atom. The van der Waals surface area contributed by atoms with Crippen LogP contribution in [0, 0.1) is 0 Å². The first-order valence-corrected chi connectivity index (χ1v) is 6.60. The Kier molecular flexibility index (Phi) is 3.17. The van der Waals surface area contributed by atoms with Crippen molar-refractivity contribution in [1.82, 2.24) is 4.98 Å². The SMILES string of the molecule is O=C(O)c1ccc(O)c(NS(=O)(=O)c2cc[nH]c2)c1. The highest BCUT2D eigenvalue weighted by Gasteiger charge is 2.17. The van der Waals surface area contributed by atoms with Crippen molar-refractivity contribution in [3.8, 4) is 5.75 Å². The number of carboxylic acid groups (broad SMARTS) is 1. The van der Waals surface area contributed by atoms with E-state index in [4.69, 9.17) is 5.11 Å². The number of carbonyl (C=O) groups is 1. The van der Waals surface area contributed by atoms with E-state index in [2.05, 4.69) is 9.71 Å². The van der Waals surface area contributed by atoms with E-state index >= 15 is 0 Å². The van der Waals surface area contributed by atoms with Gasteiger partial charge in [-0.25, -0.2) is 13.2 Å². The molecule has 0 aliphatic rings. The molecule has 0 aliphatic heterocycles. The maximum absolute atomic E-state index is 11.9. The van der Waals surface area contributed by atoms with E-state index in [9.17, 15) is 18.3 Å². The second-order valence-corrected chi connectivity index (χ2v) is 5.37. The molecule has 0 unspecified atom stereocenters. The van der Waals surface area contributed by atoms with Gasteiger partial charge < -0.3 is 15.2 Å². The molecule has 0 fully saturated rings. The summed E-state index contributed by atoms with van der Waals surface area (Å²) in [5.41, 5.74) is -0.328. The molecule has 0 bridgehead atoms. The van der Waals surface area contributed by atoms with Crippen LogP contribution in [0.2, 0.25) is 0 Å². The van der Waals surface area contributed by atoms with Crippen LogP contribution in [0.5, 0.6) is 5.75 Å². The van der Waals surface area contributed by atoms with Crippen LogP contribution in [0.3, 0.4) is 0 Å². The van der Waals surface area contributed by atoms with Crippen molar-refractivity contribution in [2.75, 3.05) is 4.72 Å². The average molecular weight is 282 g/mol. The summed E-state index contributed by atoms with van der Waals surface area (Å²) in [6.45, 7) is 0. The van der Waals surface area contributed by atoms with Gasteiger partial charge in [0.1, 0.15) is 10.6 Å². The van der Waals surface area contributed by atoms with Crippen LogP contribution in [0.15, 0.2) is 41.6 Å². The van der Waals surface area contributed by atoms with Crippen molar-refractivity contribution in [3.05, 3.63) is 42.2 Å². The van der Waals surface area contributed by atoms with Crippen molar-refractivity contribution in [2.24, 2.45) is 0 Å². The number of benzene rings is 1. The Hall–Kier alpha value is -2.48. The number of aromatic hydroxyl groups is 1. The summed E-state index contributed by atoms with van der Waals surface area (Å²) < 4.78 is 25.9. The molecule has 0 atom stereocenters. The topological polar surface area (TPSA) is 119 Å². The zero-order valence-electron chi connectivity index (χ0n) is 9.49. The van der Waals surface area contributed by atoms with Gasteiger partial charge in [-0.15, -0.1) is 0 Å². The predicted octanol–water partition coefficient (Wildman–Crippen LogP) is 1.22. The lowest BCUT2D eigenvalue weighted by Crippen LogP contribution is -2.12. The van der Waals surface area contributed by atoms with Crippen molar-refractivity contribution < 1.29 is 23.4 Å². The molecule has 1 heterocycles. The zero-order chi connectivity index (χ0) is 14.0. The summed E-state index contributed by atoms with van der Waals surface area (Å²) in [5, 5.41) is 18.4. The Morgan fingerprint density at radius 3 is 2.58 bits per heavy atom. The molecule has 2 aromatic rings. The summed E-state index contributed by atoms with van der Waals surface area (Å²) in [4.78, 5) is 13.4. The number of hydrogen-bond donors (Lipinski definition) is 4. The van der Waals surface area contributed by atoms with Crippen LogP contribution < -0.4 is 4.72 Å². The average Bonchev–Trinajstić information content (AvgIpc) is 2.85. The summed E-state index contributed by atoms with van der Waals surface area (Å²) in [6.07, 6.45) is 2.70. The second-order valence-electron chi connectivity index (χ2n) is 3.69. The molecule has 1 aromatic carbocycles. The molecular weight excluding hydrogens is 272 g/mol. The molecule has 1 aromatic heterocycles. The number of H-pyrrole nitrogens is 1. The summed E-state index contributed by atoms with van der Waals surface area (Å²) in [7, 11) is -3.87. The highest BCUT2D eigenvalue weighted by atomic mass is 32.2. The number of phenols is 1. The van der Waals surface area contributed by atoms with Gasteiger partial charge >= 0.3 is 5.97 Å². The molecule has 0 radical (unpaired) electrons. The summed E-state index contributed by atoms with van der Waals surface area (Å²) >= 11 is 0. The van der Waals surface area contributed by atoms with Crippen molar-refractivity contribution in [3.63, 3.8) is 0 Å². The first-order chi connectivity index (χ1) is 8.90. The molecule has 0 spiro atoms. The third-order valence-electron chi connectivity index (χ3n) is 2.37. The molecule has 19 heavy (non-hydrogen) atoms. The second kappa shape index (κ2) is 4.65. The molecular formula is C11H10N2O5S. The fourth-order valence-corrected chi connectivity index (χ4v) is 2.47. The quantitative estimate of drug-likeness (QED) is 0.628. The van der Waals surface area contributed by atoms with E-state index in [1.54, 1.807) is 0 Å². The fourth-order valence-electron chi connectivity index (χ4n) is 1.43. The van der Waals surface area contributed by atoms with Crippen molar-refractivity contribution >= 4 is 21.7 Å². The number of phenolic OH excluding ortho intramolecular Hbond substituents is 1. The van der Waals surface area contributed by atoms with Gasteiger partial charge in [-0.1, -0.05) is 0 Å². The number of hydrogen-bond acceptors (Lipinski definition) is 4. The van der Waals surface area contributed by atoms with E-state index < -0.39 is 16.0 Å². The first-order valence-electron chi connectivity index (χ1n) is 5.12. The number of aromatic nitrogens is 1. The number of aromatic amines is 1. The highest BCUT2D eigenvalue weighted by molar-refractivity contribution is 7.92. The Labute approximate surface area is 108 Å².